The van der Waals surface area contributed by atoms with Crippen LogP contribution in [0.25, 0.3) is 0 Å². The standard InChI is InChI=1S/C19H25FN6O/c20-16-5-1-2-6-18(16)24-8-10-25(11-9-24)19(27)17-14-26(23-22-17)13-15-4-3-7-21-12-15/h1-2,5-6,14-15,21H,3-4,7-13H2. The molecular weight excluding hydrogens is 347 g/mol. The third kappa shape index (κ3) is 4.10. The molecule has 1 aromatic carbocycles. The maximum atomic E-state index is 13.9. The maximum Gasteiger partial charge on any atom is 0.276 e. The highest BCUT2D eigenvalue weighted by molar-refractivity contribution is 5.92. The second-order valence-electron chi connectivity index (χ2n) is 7.27. The van der Waals surface area contributed by atoms with Crippen LogP contribution in [-0.4, -0.2) is 65.1 Å². The molecule has 1 N–H and O–H groups in total. The number of amides is 1. The Morgan fingerprint density at radius 2 is 2.04 bits per heavy atom. The van der Waals surface area contributed by atoms with Crippen molar-refractivity contribution in [3.63, 3.8) is 0 Å². The van der Waals surface area contributed by atoms with Crippen LogP contribution in [0.15, 0.2) is 30.5 Å². The Morgan fingerprint density at radius 1 is 1.22 bits per heavy atom. The first-order valence-electron chi connectivity index (χ1n) is 9.60. The van der Waals surface area contributed by atoms with Crippen LogP contribution in [0.1, 0.15) is 23.3 Å². The number of para-hydroxylation sites is 1. The minimum Gasteiger partial charge on any atom is -0.366 e. The van der Waals surface area contributed by atoms with E-state index in [0.29, 0.717) is 43.5 Å². The van der Waals surface area contributed by atoms with Gasteiger partial charge < -0.3 is 15.1 Å². The van der Waals surface area contributed by atoms with Crippen molar-refractivity contribution in [2.24, 2.45) is 5.92 Å². The first kappa shape index (κ1) is 17.9. The summed E-state index contributed by atoms with van der Waals surface area (Å²) in [5.41, 5.74) is 0.981. The lowest BCUT2D eigenvalue weighted by molar-refractivity contribution is 0.0740. The first-order chi connectivity index (χ1) is 13.2. The average molecular weight is 372 g/mol. The molecule has 0 radical (unpaired) electrons. The number of nitrogens with zero attached hydrogens (tertiary/aromatic N) is 5. The highest BCUT2D eigenvalue weighted by Gasteiger charge is 2.25. The maximum absolute atomic E-state index is 13.9. The molecule has 2 saturated heterocycles. The number of rotatable bonds is 4. The van der Waals surface area contributed by atoms with E-state index < -0.39 is 0 Å². The third-order valence-corrected chi connectivity index (χ3v) is 5.36. The van der Waals surface area contributed by atoms with E-state index in [1.165, 1.54) is 18.9 Å². The van der Waals surface area contributed by atoms with Crippen molar-refractivity contribution < 1.29 is 9.18 Å². The van der Waals surface area contributed by atoms with Gasteiger partial charge in [0.25, 0.3) is 5.91 Å². The summed E-state index contributed by atoms with van der Waals surface area (Å²) in [7, 11) is 0. The quantitative estimate of drug-likeness (QED) is 0.878. The van der Waals surface area contributed by atoms with Gasteiger partial charge >= 0.3 is 0 Å². The van der Waals surface area contributed by atoms with Crippen molar-refractivity contribution in [3.8, 4) is 0 Å². The van der Waals surface area contributed by atoms with E-state index in [1.54, 1.807) is 27.9 Å². The zero-order valence-corrected chi connectivity index (χ0v) is 15.4. The summed E-state index contributed by atoms with van der Waals surface area (Å²) in [4.78, 5) is 16.5. The molecule has 2 fully saturated rings. The number of nitrogens with one attached hydrogen (secondary N) is 1. The summed E-state index contributed by atoms with van der Waals surface area (Å²) >= 11 is 0. The van der Waals surface area contributed by atoms with Crippen molar-refractivity contribution in [2.75, 3.05) is 44.2 Å². The summed E-state index contributed by atoms with van der Waals surface area (Å²) in [5, 5.41) is 11.6. The summed E-state index contributed by atoms with van der Waals surface area (Å²) in [6, 6.07) is 6.76. The minimum atomic E-state index is -0.225. The van der Waals surface area contributed by atoms with Gasteiger partial charge in [0.1, 0.15) is 5.82 Å². The summed E-state index contributed by atoms with van der Waals surface area (Å²) < 4.78 is 15.7. The topological polar surface area (TPSA) is 66.3 Å². The Labute approximate surface area is 158 Å². The molecule has 1 aromatic heterocycles. The fourth-order valence-electron chi connectivity index (χ4n) is 3.85. The summed E-state index contributed by atoms with van der Waals surface area (Å²) in [5.74, 6) is 0.210. The van der Waals surface area contributed by atoms with Gasteiger partial charge in [0.05, 0.1) is 11.9 Å². The van der Waals surface area contributed by atoms with Crippen LogP contribution in [0.5, 0.6) is 0 Å². The number of hydrogen-bond donors (Lipinski definition) is 1. The normalized spacial score (nSPS) is 20.7. The van der Waals surface area contributed by atoms with Gasteiger partial charge in [-0.2, -0.15) is 0 Å². The van der Waals surface area contributed by atoms with Crippen LogP contribution in [0, 0.1) is 11.7 Å². The lowest BCUT2D eigenvalue weighted by atomic mass is 10.00. The predicted molar refractivity (Wildman–Crippen MR) is 100 cm³/mol. The van der Waals surface area contributed by atoms with Crippen LogP contribution in [0.3, 0.4) is 0 Å². The molecule has 1 atom stereocenters. The SMILES string of the molecule is O=C(c1cn(CC2CCCNC2)nn1)N1CCN(c2ccccc2F)CC1. The van der Waals surface area contributed by atoms with Crippen LogP contribution in [0.2, 0.25) is 0 Å². The van der Waals surface area contributed by atoms with E-state index in [9.17, 15) is 9.18 Å². The van der Waals surface area contributed by atoms with Crippen molar-refractivity contribution >= 4 is 11.6 Å². The molecule has 2 aromatic rings. The Balaban J connectivity index is 1.33. The average Bonchev–Trinajstić information content (AvgIpc) is 3.17. The first-order valence-corrected chi connectivity index (χ1v) is 9.60. The van der Waals surface area contributed by atoms with Gasteiger partial charge in [-0.15, -0.1) is 5.10 Å². The second kappa shape index (κ2) is 8.04. The van der Waals surface area contributed by atoms with Crippen LogP contribution < -0.4 is 10.2 Å². The van der Waals surface area contributed by atoms with Crippen molar-refractivity contribution in [1.29, 1.82) is 0 Å². The van der Waals surface area contributed by atoms with Gasteiger partial charge in [-0.05, 0) is 44.0 Å². The smallest absolute Gasteiger partial charge is 0.276 e. The largest absolute Gasteiger partial charge is 0.366 e. The fraction of sp³-hybridized carbons (Fsp3) is 0.526. The Kier molecular flexibility index (Phi) is 5.33. The molecule has 0 bridgehead atoms. The number of carbonyl (C=O) groups excluding carboxylic acids is 1. The van der Waals surface area contributed by atoms with Crippen molar-refractivity contribution in [2.45, 2.75) is 19.4 Å². The van der Waals surface area contributed by atoms with Crippen LogP contribution in [-0.2, 0) is 6.54 Å². The van der Waals surface area contributed by atoms with Gasteiger partial charge in [-0.1, -0.05) is 17.3 Å². The van der Waals surface area contributed by atoms with Gasteiger partial charge in [0.2, 0.25) is 0 Å². The lowest BCUT2D eigenvalue weighted by Gasteiger charge is -2.35. The molecule has 27 heavy (non-hydrogen) atoms. The van der Waals surface area contributed by atoms with E-state index in [2.05, 4.69) is 15.6 Å². The molecule has 7 nitrogen and oxygen atoms in total. The van der Waals surface area contributed by atoms with E-state index in [0.717, 1.165) is 19.6 Å². The van der Waals surface area contributed by atoms with E-state index in [-0.39, 0.29) is 11.7 Å². The molecular formula is C19H25FN6O. The molecule has 2 aliphatic heterocycles. The lowest BCUT2D eigenvalue weighted by Crippen LogP contribution is -2.49. The number of piperazine rings is 1. The third-order valence-electron chi connectivity index (χ3n) is 5.36. The number of anilines is 1. The monoisotopic (exact) mass is 372 g/mol. The van der Waals surface area contributed by atoms with Crippen molar-refractivity contribution in [3.05, 3.63) is 42.0 Å². The number of aromatic nitrogens is 3. The molecule has 1 amide bonds. The molecule has 144 valence electrons. The van der Waals surface area contributed by atoms with Gasteiger partial charge in [-0.3, -0.25) is 9.48 Å². The summed E-state index contributed by atoms with van der Waals surface area (Å²) in [6.45, 7) is 5.16. The van der Waals surface area contributed by atoms with Crippen LogP contribution >= 0.6 is 0 Å². The minimum absolute atomic E-state index is 0.101. The summed E-state index contributed by atoms with van der Waals surface area (Å²) in [6.07, 6.45) is 4.10. The predicted octanol–water partition coefficient (Wildman–Crippen LogP) is 1.38. The zero-order chi connectivity index (χ0) is 18.6. The molecule has 4 rings (SSSR count). The molecule has 2 aliphatic rings. The fourth-order valence-corrected chi connectivity index (χ4v) is 3.85. The molecule has 0 aliphatic carbocycles. The molecule has 3 heterocycles. The Morgan fingerprint density at radius 3 is 2.78 bits per heavy atom. The number of benzene rings is 1. The molecule has 1 unspecified atom stereocenters. The molecule has 0 spiro atoms. The van der Waals surface area contributed by atoms with E-state index >= 15 is 0 Å². The number of carbonyl (C=O) groups is 1. The van der Waals surface area contributed by atoms with Gasteiger partial charge in [0.15, 0.2) is 5.69 Å². The second-order valence-corrected chi connectivity index (χ2v) is 7.27. The highest BCUT2D eigenvalue weighted by Crippen LogP contribution is 2.20. The number of piperidine rings is 1. The van der Waals surface area contributed by atoms with Gasteiger partial charge in [0, 0.05) is 32.7 Å². The molecule has 8 heteroatoms. The Hall–Kier alpha value is -2.48. The van der Waals surface area contributed by atoms with Crippen LogP contribution in [0.4, 0.5) is 10.1 Å². The highest BCUT2D eigenvalue weighted by atomic mass is 19.1. The number of halogens is 1. The van der Waals surface area contributed by atoms with E-state index in [4.69, 9.17) is 0 Å². The number of hydrogen-bond acceptors (Lipinski definition) is 5. The van der Waals surface area contributed by atoms with Crippen molar-refractivity contribution in [1.82, 2.24) is 25.2 Å². The zero-order valence-electron chi connectivity index (χ0n) is 15.4. The van der Waals surface area contributed by atoms with E-state index in [1.807, 2.05) is 11.0 Å². The van der Waals surface area contributed by atoms with Gasteiger partial charge in [-0.25, -0.2) is 4.39 Å². The Bertz CT molecular complexity index is 780. The molecule has 0 saturated carbocycles.